The van der Waals surface area contributed by atoms with E-state index in [1.807, 2.05) is 0 Å². The van der Waals surface area contributed by atoms with E-state index in [2.05, 4.69) is 20.2 Å². The molecule has 0 saturated carbocycles. The minimum atomic E-state index is -4.68. The summed E-state index contributed by atoms with van der Waals surface area (Å²) in [4.78, 5) is 25.7. The molecule has 1 aromatic heterocycles. The highest BCUT2D eigenvalue weighted by Gasteiger charge is 2.40. The zero-order valence-corrected chi connectivity index (χ0v) is 19.9. The number of amides is 2. The van der Waals surface area contributed by atoms with Crippen LogP contribution >= 0.6 is 23.2 Å². The van der Waals surface area contributed by atoms with Crippen LogP contribution < -0.4 is 14.9 Å². The van der Waals surface area contributed by atoms with E-state index in [0.29, 0.717) is 11.0 Å². The highest BCUT2D eigenvalue weighted by atomic mass is 35.5. The number of imide groups is 1. The van der Waals surface area contributed by atoms with Gasteiger partial charge in [0.2, 0.25) is 0 Å². The van der Waals surface area contributed by atoms with Crippen LogP contribution in [0.2, 0.25) is 5.15 Å². The number of nitrogens with one attached hydrogen (secondary N) is 2. The summed E-state index contributed by atoms with van der Waals surface area (Å²) in [6, 6.07) is 11.3. The van der Waals surface area contributed by atoms with Gasteiger partial charge in [-0.15, -0.1) is 10.2 Å². The molecule has 0 aliphatic carbocycles. The van der Waals surface area contributed by atoms with Gasteiger partial charge in [0.25, 0.3) is 21.8 Å². The molecule has 9 nitrogen and oxygen atoms in total. The van der Waals surface area contributed by atoms with Crippen LogP contribution in [0.3, 0.4) is 0 Å². The number of sulfonamides is 1. The van der Waals surface area contributed by atoms with Crippen molar-refractivity contribution in [3.63, 3.8) is 0 Å². The second-order valence-electron chi connectivity index (χ2n) is 7.18. The first-order valence-electron chi connectivity index (χ1n) is 9.72. The van der Waals surface area contributed by atoms with Crippen molar-refractivity contribution in [1.82, 2.24) is 10.2 Å². The molecule has 0 atom stereocenters. The highest BCUT2D eigenvalue weighted by Crippen LogP contribution is 2.35. The molecular weight excluding hydrogens is 546 g/mol. The van der Waals surface area contributed by atoms with Crippen LogP contribution in [0.1, 0.15) is 5.56 Å². The average molecular weight is 558 g/mol. The van der Waals surface area contributed by atoms with Crippen LogP contribution in [0.25, 0.3) is 0 Å². The maximum atomic E-state index is 13.0. The van der Waals surface area contributed by atoms with Gasteiger partial charge in [0.05, 0.1) is 16.1 Å². The molecule has 0 bridgehead atoms. The molecule has 186 valence electrons. The van der Waals surface area contributed by atoms with Gasteiger partial charge in [-0.25, -0.2) is 13.3 Å². The molecule has 1 aliphatic rings. The minimum absolute atomic E-state index is 0.0664. The number of halogens is 5. The molecule has 2 N–H and O–H groups in total. The molecule has 0 radical (unpaired) electrons. The van der Waals surface area contributed by atoms with Crippen LogP contribution in [0.5, 0.6) is 0 Å². The number of hydrogen-bond acceptors (Lipinski definition) is 7. The zero-order valence-electron chi connectivity index (χ0n) is 17.5. The number of carbonyl (C=O) groups excluding carboxylic acids is 2. The molecule has 0 saturated heterocycles. The summed E-state index contributed by atoms with van der Waals surface area (Å²) in [6.45, 7) is 0. The Morgan fingerprint density at radius 1 is 0.889 bits per heavy atom. The quantitative estimate of drug-likeness (QED) is 0.431. The van der Waals surface area contributed by atoms with E-state index in [4.69, 9.17) is 23.2 Å². The van der Waals surface area contributed by atoms with E-state index >= 15 is 0 Å². The maximum Gasteiger partial charge on any atom is 0.416 e. The van der Waals surface area contributed by atoms with Gasteiger partial charge in [-0.2, -0.15) is 13.2 Å². The van der Waals surface area contributed by atoms with E-state index in [0.717, 1.165) is 18.2 Å². The smallest absolute Gasteiger partial charge is 0.350 e. The van der Waals surface area contributed by atoms with E-state index in [9.17, 15) is 31.2 Å². The molecule has 0 unspecified atom stereocenters. The molecule has 0 fully saturated rings. The monoisotopic (exact) mass is 557 g/mol. The maximum absolute atomic E-state index is 13.0. The largest absolute Gasteiger partial charge is 0.416 e. The summed E-state index contributed by atoms with van der Waals surface area (Å²) < 4.78 is 66.4. The molecular formula is C21H12Cl2F3N5O4S. The number of nitrogens with zero attached hydrogens (tertiary/aromatic N) is 3. The van der Waals surface area contributed by atoms with Gasteiger partial charge in [0, 0.05) is 5.69 Å². The number of anilines is 3. The Morgan fingerprint density at radius 3 is 2.19 bits per heavy atom. The van der Waals surface area contributed by atoms with Gasteiger partial charge in [0.1, 0.15) is 10.7 Å². The molecule has 36 heavy (non-hydrogen) atoms. The second-order valence-corrected chi connectivity index (χ2v) is 9.63. The van der Waals surface area contributed by atoms with E-state index in [-0.39, 0.29) is 32.9 Å². The van der Waals surface area contributed by atoms with Gasteiger partial charge < -0.3 is 5.32 Å². The third kappa shape index (κ3) is 5.12. The zero-order chi connectivity index (χ0) is 26.3. The standard InChI is InChI=1S/C21H12Cl2F3N5O4S/c22-15-8-9-16(29-28-15)30-36(34,35)14-6-4-12(5-7-14)27-18-17(23)19(32)31(20(18)33)13-3-1-2-11(10-13)21(24,25)26/h1-10,27H,(H,29,30). The van der Waals surface area contributed by atoms with Crippen molar-refractivity contribution < 1.29 is 31.2 Å². The Bertz CT molecular complexity index is 1500. The van der Waals surface area contributed by atoms with Crippen molar-refractivity contribution in [3.05, 3.63) is 82.1 Å². The molecule has 0 spiro atoms. The lowest BCUT2D eigenvalue weighted by atomic mass is 10.2. The normalized spacial score (nSPS) is 14.4. The van der Waals surface area contributed by atoms with Crippen LogP contribution in [0, 0.1) is 0 Å². The Morgan fingerprint density at radius 2 is 1.58 bits per heavy atom. The van der Waals surface area contributed by atoms with Crippen LogP contribution in [-0.4, -0.2) is 30.4 Å². The Balaban J connectivity index is 1.53. The Hall–Kier alpha value is -3.68. The van der Waals surface area contributed by atoms with Gasteiger partial charge in [-0.3, -0.25) is 14.3 Å². The first-order chi connectivity index (χ1) is 16.9. The average Bonchev–Trinajstić information content (AvgIpc) is 3.03. The predicted octanol–water partition coefficient (Wildman–Crippen LogP) is 4.39. The number of hydrogen-bond donors (Lipinski definition) is 2. The van der Waals surface area contributed by atoms with Crippen LogP contribution in [-0.2, 0) is 25.8 Å². The van der Waals surface area contributed by atoms with Gasteiger partial charge in [0.15, 0.2) is 11.0 Å². The van der Waals surface area contributed by atoms with Gasteiger partial charge in [-0.05, 0) is 54.6 Å². The second kappa shape index (κ2) is 9.41. The predicted molar refractivity (Wildman–Crippen MR) is 125 cm³/mol. The third-order valence-corrected chi connectivity index (χ3v) is 6.69. The fraction of sp³-hybridized carbons (Fsp3) is 0.0476. The molecule has 1 aliphatic heterocycles. The number of alkyl halides is 3. The molecule has 15 heteroatoms. The van der Waals surface area contributed by atoms with E-state index < -0.39 is 38.6 Å². The van der Waals surface area contributed by atoms with Crippen molar-refractivity contribution in [2.75, 3.05) is 14.9 Å². The first-order valence-corrected chi connectivity index (χ1v) is 12.0. The van der Waals surface area contributed by atoms with Crippen molar-refractivity contribution in [2.45, 2.75) is 11.1 Å². The molecule has 4 rings (SSSR count). The number of rotatable bonds is 6. The lowest BCUT2D eigenvalue weighted by Crippen LogP contribution is -2.32. The molecule has 2 amide bonds. The summed E-state index contributed by atoms with van der Waals surface area (Å²) in [7, 11) is -4.04. The Labute approximate surface area is 211 Å². The summed E-state index contributed by atoms with van der Waals surface area (Å²) >= 11 is 11.6. The summed E-state index contributed by atoms with van der Waals surface area (Å²) in [6.07, 6.45) is -4.68. The fourth-order valence-electron chi connectivity index (χ4n) is 3.10. The first kappa shape index (κ1) is 25.4. The molecule has 3 aromatic rings. The molecule has 2 aromatic carbocycles. The fourth-order valence-corrected chi connectivity index (χ4v) is 4.41. The lowest BCUT2D eigenvalue weighted by Gasteiger charge is -2.17. The lowest BCUT2D eigenvalue weighted by molar-refractivity contribution is -0.137. The van der Waals surface area contributed by atoms with Crippen LogP contribution in [0.15, 0.2) is 76.3 Å². The summed E-state index contributed by atoms with van der Waals surface area (Å²) in [5.41, 5.74) is -1.56. The van der Waals surface area contributed by atoms with Crippen molar-refractivity contribution in [3.8, 4) is 0 Å². The van der Waals surface area contributed by atoms with Crippen molar-refractivity contribution in [1.29, 1.82) is 0 Å². The van der Waals surface area contributed by atoms with E-state index in [1.165, 1.54) is 36.4 Å². The van der Waals surface area contributed by atoms with Crippen molar-refractivity contribution in [2.24, 2.45) is 0 Å². The van der Waals surface area contributed by atoms with Gasteiger partial charge in [-0.1, -0.05) is 29.3 Å². The number of aromatic nitrogens is 2. The molecule has 2 heterocycles. The number of carbonyl (C=O) groups is 2. The van der Waals surface area contributed by atoms with Gasteiger partial charge >= 0.3 is 6.18 Å². The van der Waals surface area contributed by atoms with Crippen molar-refractivity contribution >= 4 is 62.2 Å². The SMILES string of the molecule is O=C1C(Cl)=C(Nc2ccc(S(=O)(=O)Nc3ccc(Cl)nn3)cc2)C(=O)N1c1cccc(C(F)(F)F)c1. The third-order valence-electron chi connectivity index (χ3n) is 4.76. The van der Waals surface area contributed by atoms with Crippen LogP contribution in [0.4, 0.5) is 30.4 Å². The topological polar surface area (TPSA) is 121 Å². The summed E-state index contributed by atoms with van der Waals surface area (Å²) in [5, 5.41) is 9.29. The Kier molecular flexibility index (Phi) is 6.64. The van der Waals surface area contributed by atoms with E-state index in [1.54, 1.807) is 0 Å². The number of benzene rings is 2. The summed E-state index contributed by atoms with van der Waals surface area (Å²) in [5.74, 6) is -2.07. The highest BCUT2D eigenvalue weighted by molar-refractivity contribution is 7.92. The minimum Gasteiger partial charge on any atom is -0.350 e.